The molecular formula is C12H14BrClO3. The number of carbonyl (C=O) groups excluding carboxylic acids is 1. The van der Waals surface area contributed by atoms with Crippen LogP contribution in [-0.4, -0.2) is 17.7 Å². The van der Waals surface area contributed by atoms with Crippen molar-refractivity contribution in [2.24, 2.45) is 0 Å². The maximum absolute atomic E-state index is 11.2. The van der Waals surface area contributed by atoms with Crippen LogP contribution in [0.5, 0.6) is 0 Å². The minimum absolute atomic E-state index is 0.178. The molecule has 0 heterocycles. The minimum Gasteiger partial charge on any atom is -0.466 e. The number of halogens is 2. The van der Waals surface area contributed by atoms with Gasteiger partial charge in [0.15, 0.2) is 0 Å². The Bertz CT molecular complexity index is 395. The van der Waals surface area contributed by atoms with E-state index in [-0.39, 0.29) is 12.4 Å². The molecule has 0 amide bonds. The minimum atomic E-state index is -0.760. The van der Waals surface area contributed by atoms with Gasteiger partial charge in [0, 0.05) is 21.5 Å². The monoisotopic (exact) mass is 320 g/mol. The van der Waals surface area contributed by atoms with Crippen LogP contribution in [0.1, 0.15) is 31.4 Å². The van der Waals surface area contributed by atoms with Crippen molar-refractivity contribution in [3.63, 3.8) is 0 Å². The van der Waals surface area contributed by atoms with Gasteiger partial charge in [0.2, 0.25) is 0 Å². The zero-order valence-corrected chi connectivity index (χ0v) is 11.8. The van der Waals surface area contributed by atoms with Gasteiger partial charge in [-0.1, -0.05) is 27.5 Å². The topological polar surface area (TPSA) is 46.5 Å². The van der Waals surface area contributed by atoms with Crippen molar-refractivity contribution in [2.45, 2.75) is 25.9 Å². The molecule has 0 radical (unpaired) electrons. The number of hydrogen-bond donors (Lipinski definition) is 1. The van der Waals surface area contributed by atoms with Crippen LogP contribution in [0.2, 0.25) is 5.02 Å². The summed E-state index contributed by atoms with van der Waals surface area (Å²) >= 11 is 9.28. The molecule has 1 unspecified atom stereocenters. The third-order valence-corrected chi connectivity index (χ3v) is 3.08. The van der Waals surface area contributed by atoms with E-state index in [2.05, 4.69) is 15.9 Å². The molecule has 0 saturated carbocycles. The molecule has 1 aromatic carbocycles. The Balaban J connectivity index is 2.60. The van der Waals surface area contributed by atoms with Gasteiger partial charge in [0.05, 0.1) is 12.7 Å². The summed E-state index contributed by atoms with van der Waals surface area (Å²) in [6, 6.07) is 5.25. The van der Waals surface area contributed by atoms with E-state index >= 15 is 0 Å². The van der Waals surface area contributed by atoms with Gasteiger partial charge in [-0.15, -0.1) is 0 Å². The molecule has 0 aromatic heterocycles. The summed E-state index contributed by atoms with van der Waals surface area (Å²) < 4.78 is 5.63. The molecule has 0 saturated heterocycles. The summed E-state index contributed by atoms with van der Waals surface area (Å²) in [5, 5.41) is 10.4. The fourth-order valence-electron chi connectivity index (χ4n) is 1.41. The van der Waals surface area contributed by atoms with Gasteiger partial charge in [0.1, 0.15) is 0 Å². The van der Waals surface area contributed by atoms with Crippen LogP contribution in [0.3, 0.4) is 0 Å². The molecule has 0 spiro atoms. The first-order chi connectivity index (χ1) is 8.04. The van der Waals surface area contributed by atoms with Crippen molar-refractivity contribution in [2.75, 3.05) is 6.61 Å². The molecular weight excluding hydrogens is 307 g/mol. The first kappa shape index (κ1) is 14.5. The average molecular weight is 322 g/mol. The van der Waals surface area contributed by atoms with E-state index < -0.39 is 6.10 Å². The van der Waals surface area contributed by atoms with Crippen LogP contribution in [0.4, 0.5) is 0 Å². The third-order valence-electron chi connectivity index (χ3n) is 2.24. The smallest absolute Gasteiger partial charge is 0.305 e. The maximum atomic E-state index is 11.2. The van der Waals surface area contributed by atoms with E-state index in [1.807, 2.05) is 0 Å². The van der Waals surface area contributed by atoms with Gasteiger partial charge in [-0.3, -0.25) is 4.79 Å². The van der Waals surface area contributed by atoms with Crippen molar-refractivity contribution < 1.29 is 14.6 Å². The van der Waals surface area contributed by atoms with Crippen LogP contribution in [-0.2, 0) is 9.53 Å². The van der Waals surface area contributed by atoms with E-state index in [9.17, 15) is 9.90 Å². The van der Waals surface area contributed by atoms with Gasteiger partial charge in [-0.25, -0.2) is 0 Å². The molecule has 0 aliphatic rings. The second-order valence-corrected chi connectivity index (χ2v) is 4.85. The van der Waals surface area contributed by atoms with Crippen LogP contribution in [0.15, 0.2) is 22.7 Å². The Labute approximate surface area is 114 Å². The standard InChI is InChI=1S/C12H14BrClO3/c1-2-17-12(16)6-5-11(15)9-7-8(13)3-4-10(9)14/h3-4,7,11,15H,2,5-6H2,1H3. The molecule has 1 aromatic rings. The largest absolute Gasteiger partial charge is 0.466 e. The molecule has 0 aliphatic heterocycles. The second-order valence-electron chi connectivity index (χ2n) is 3.53. The van der Waals surface area contributed by atoms with Gasteiger partial charge in [-0.2, -0.15) is 0 Å². The second kappa shape index (κ2) is 6.99. The van der Waals surface area contributed by atoms with Crippen molar-refractivity contribution >= 4 is 33.5 Å². The highest BCUT2D eigenvalue weighted by molar-refractivity contribution is 9.10. The summed E-state index contributed by atoms with van der Waals surface area (Å²) in [7, 11) is 0. The van der Waals surface area contributed by atoms with E-state index in [4.69, 9.17) is 16.3 Å². The lowest BCUT2D eigenvalue weighted by molar-refractivity contribution is -0.143. The lowest BCUT2D eigenvalue weighted by Crippen LogP contribution is -2.07. The quantitative estimate of drug-likeness (QED) is 0.845. The van der Waals surface area contributed by atoms with Crippen LogP contribution < -0.4 is 0 Å². The summed E-state index contributed by atoms with van der Waals surface area (Å²) in [5.41, 5.74) is 0.616. The fourth-order valence-corrected chi connectivity index (χ4v) is 2.04. The zero-order chi connectivity index (χ0) is 12.8. The number of aliphatic hydroxyl groups excluding tert-OH is 1. The summed E-state index contributed by atoms with van der Waals surface area (Å²) in [6.07, 6.45) is -0.281. The number of rotatable bonds is 5. The normalized spacial score (nSPS) is 12.2. The predicted molar refractivity (Wildman–Crippen MR) is 70.0 cm³/mol. The molecule has 1 atom stereocenters. The third kappa shape index (κ3) is 4.66. The van der Waals surface area contributed by atoms with E-state index in [0.717, 1.165) is 4.47 Å². The Morgan fingerprint density at radius 1 is 1.59 bits per heavy atom. The molecule has 17 heavy (non-hydrogen) atoms. The lowest BCUT2D eigenvalue weighted by Gasteiger charge is -2.12. The lowest BCUT2D eigenvalue weighted by atomic mass is 10.1. The highest BCUT2D eigenvalue weighted by Crippen LogP contribution is 2.29. The number of esters is 1. The molecule has 1 rings (SSSR count). The molecule has 0 fully saturated rings. The first-order valence-corrected chi connectivity index (χ1v) is 6.50. The highest BCUT2D eigenvalue weighted by atomic mass is 79.9. The molecule has 3 nitrogen and oxygen atoms in total. The van der Waals surface area contributed by atoms with Crippen molar-refractivity contribution in [1.82, 2.24) is 0 Å². The zero-order valence-electron chi connectivity index (χ0n) is 9.45. The summed E-state index contributed by atoms with van der Waals surface area (Å²) in [5.74, 6) is -0.308. The van der Waals surface area contributed by atoms with Crippen molar-refractivity contribution in [3.8, 4) is 0 Å². The molecule has 1 N–H and O–H groups in total. The summed E-state index contributed by atoms with van der Waals surface area (Å²) in [6.45, 7) is 2.10. The Morgan fingerprint density at radius 2 is 2.29 bits per heavy atom. The Hall–Kier alpha value is -0.580. The van der Waals surface area contributed by atoms with Gasteiger partial charge < -0.3 is 9.84 Å². The molecule has 0 bridgehead atoms. The SMILES string of the molecule is CCOC(=O)CCC(O)c1cc(Br)ccc1Cl. The number of carbonyl (C=O) groups is 1. The van der Waals surface area contributed by atoms with Gasteiger partial charge >= 0.3 is 5.97 Å². The van der Waals surface area contributed by atoms with Crippen LogP contribution >= 0.6 is 27.5 Å². The molecule has 94 valence electrons. The fraction of sp³-hybridized carbons (Fsp3) is 0.417. The van der Waals surface area contributed by atoms with E-state index in [1.54, 1.807) is 25.1 Å². The van der Waals surface area contributed by atoms with Crippen LogP contribution in [0, 0.1) is 0 Å². The van der Waals surface area contributed by atoms with Crippen molar-refractivity contribution in [3.05, 3.63) is 33.3 Å². The number of hydrogen-bond acceptors (Lipinski definition) is 3. The van der Waals surface area contributed by atoms with Gasteiger partial charge in [0.25, 0.3) is 0 Å². The molecule has 0 aliphatic carbocycles. The van der Waals surface area contributed by atoms with Gasteiger partial charge in [-0.05, 0) is 31.5 Å². The number of ether oxygens (including phenoxy) is 1. The Kier molecular flexibility index (Phi) is 5.95. The Morgan fingerprint density at radius 3 is 2.94 bits per heavy atom. The van der Waals surface area contributed by atoms with Crippen LogP contribution in [0.25, 0.3) is 0 Å². The predicted octanol–water partition coefficient (Wildman–Crippen LogP) is 3.48. The summed E-state index contributed by atoms with van der Waals surface area (Å²) in [4.78, 5) is 11.2. The average Bonchev–Trinajstić information content (AvgIpc) is 2.29. The van der Waals surface area contributed by atoms with E-state index in [1.165, 1.54) is 0 Å². The first-order valence-electron chi connectivity index (χ1n) is 5.33. The molecule has 5 heteroatoms. The van der Waals surface area contributed by atoms with E-state index in [0.29, 0.717) is 23.6 Å². The highest BCUT2D eigenvalue weighted by Gasteiger charge is 2.14. The maximum Gasteiger partial charge on any atom is 0.305 e. The number of aliphatic hydroxyl groups is 1. The number of benzene rings is 1. The van der Waals surface area contributed by atoms with Crippen molar-refractivity contribution in [1.29, 1.82) is 0 Å².